The summed E-state index contributed by atoms with van der Waals surface area (Å²) in [6.45, 7) is 0. The van der Waals surface area contributed by atoms with Crippen LogP contribution in [0.3, 0.4) is 0 Å². The Labute approximate surface area is 196 Å². The molecule has 33 heavy (non-hydrogen) atoms. The predicted molar refractivity (Wildman–Crippen MR) is 134 cm³/mol. The lowest BCUT2D eigenvalue weighted by Gasteiger charge is -2.12. The Morgan fingerprint density at radius 1 is 0.636 bits per heavy atom. The van der Waals surface area contributed by atoms with E-state index in [1.54, 1.807) is 0 Å². The van der Waals surface area contributed by atoms with E-state index in [1.807, 2.05) is 83.5 Å². The van der Waals surface area contributed by atoms with Crippen LogP contribution in [0.5, 0.6) is 0 Å². The lowest BCUT2D eigenvalue weighted by atomic mass is 10.1. The Kier molecular flexibility index (Phi) is 4.78. The molecule has 6 rings (SSSR count). The van der Waals surface area contributed by atoms with Gasteiger partial charge in [-0.1, -0.05) is 72.3 Å². The molecule has 0 aliphatic heterocycles. The normalized spacial score (nSPS) is 11.2. The quantitative estimate of drug-likeness (QED) is 0.287. The highest BCUT2D eigenvalue weighted by atomic mass is 35.5. The maximum atomic E-state index is 6.17. The van der Waals surface area contributed by atoms with Gasteiger partial charge in [-0.2, -0.15) is 5.10 Å². The fraction of sp³-hybridized carbons (Fsp3) is 0. The van der Waals surface area contributed by atoms with Crippen LogP contribution in [0.25, 0.3) is 45.2 Å². The molecule has 0 fully saturated rings. The highest BCUT2D eigenvalue weighted by molar-refractivity contribution is 6.30. The molecule has 2 heterocycles. The molecule has 6 aromatic rings. The van der Waals surface area contributed by atoms with Crippen molar-refractivity contribution in [2.45, 2.75) is 0 Å². The summed E-state index contributed by atoms with van der Waals surface area (Å²) < 4.78 is 4.15. The molecular formula is C28H19ClN4. The molecule has 0 aliphatic carbocycles. The molecule has 0 bridgehead atoms. The topological polar surface area (TPSA) is 35.6 Å². The van der Waals surface area contributed by atoms with E-state index in [0.717, 1.165) is 45.2 Å². The first-order valence-electron chi connectivity index (χ1n) is 10.7. The van der Waals surface area contributed by atoms with E-state index in [1.165, 1.54) is 0 Å². The summed E-state index contributed by atoms with van der Waals surface area (Å²) in [5, 5.41) is 5.71. The lowest BCUT2D eigenvalue weighted by molar-refractivity contribution is 0.834. The van der Waals surface area contributed by atoms with Crippen LogP contribution in [-0.2, 0) is 0 Å². The van der Waals surface area contributed by atoms with Gasteiger partial charge in [-0.25, -0.2) is 9.67 Å². The van der Waals surface area contributed by atoms with Crippen molar-refractivity contribution in [2.24, 2.45) is 0 Å². The number of imidazole rings is 1. The maximum absolute atomic E-state index is 6.17. The van der Waals surface area contributed by atoms with Crippen LogP contribution in [0.4, 0.5) is 0 Å². The SMILES string of the molecule is Clc1ccc(-c2nc3ccccc3n2-c2cc(-c3ccccc3)nn2-c2ccccc2)cc1. The number of halogens is 1. The molecule has 0 spiro atoms. The number of hydrogen-bond acceptors (Lipinski definition) is 2. The Balaban J connectivity index is 1.67. The van der Waals surface area contributed by atoms with Gasteiger partial charge in [0.2, 0.25) is 0 Å². The van der Waals surface area contributed by atoms with Crippen molar-refractivity contribution >= 4 is 22.6 Å². The highest BCUT2D eigenvalue weighted by Gasteiger charge is 2.20. The molecule has 0 aliphatic rings. The van der Waals surface area contributed by atoms with Crippen molar-refractivity contribution in [2.75, 3.05) is 0 Å². The van der Waals surface area contributed by atoms with Crippen LogP contribution in [0.1, 0.15) is 0 Å². The van der Waals surface area contributed by atoms with Crippen molar-refractivity contribution in [3.8, 4) is 34.2 Å². The van der Waals surface area contributed by atoms with Crippen LogP contribution >= 0.6 is 11.6 Å². The van der Waals surface area contributed by atoms with Crippen molar-refractivity contribution in [3.63, 3.8) is 0 Å². The highest BCUT2D eigenvalue weighted by Crippen LogP contribution is 2.32. The van der Waals surface area contributed by atoms with E-state index in [9.17, 15) is 0 Å². The summed E-state index contributed by atoms with van der Waals surface area (Å²) in [4.78, 5) is 4.98. The average Bonchev–Trinajstić information content (AvgIpc) is 3.47. The molecule has 2 aromatic heterocycles. The third-order valence-corrected chi connectivity index (χ3v) is 5.91. The van der Waals surface area contributed by atoms with Gasteiger partial charge >= 0.3 is 0 Å². The zero-order valence-corrected chi connectivity index (χ0v) is 18.4. The number of nitrogens with zero attached hydrogens (tertiary/aromatic N) is 4. The van der Waals surface area contributed by atoms with Gasteiger partial charge in [-0.15, -0.1) is 0 Å². The molecule has 158 valence electrons. The minimum Gasteiger partial charge on any atom is -0.276 e. The zero-order valence-electron chi connectivity index (χ0n) is 17.6. The number of rotatable bonds is 4. The van der Waals surface area contributed by atoms with E-state index in [4.69, 9.17) is 21.7 Å². The Bertz CT molecular complexity index is 1550. The first-order chi connectivity index (χ1) is 16.3. The number of hydrogen-bond donors (Lipinski definition) is 0. The number of para-hydroxylation sites is 3. The van der Waals surface area contributed by atoms with Gasteiger partial charge in [0.1, 0.15) is 11.6 Å². The molecule has 5 heteroatoms. The largest absolute Gasteiger partial charge is 0.276 e. The molecule has 0 saturated carbocycles. The Hall–Kier alpha value is -4.15. The summed E-state index contributed by atoms with van der Waals surface area (Å²) in [6, 6.07) is 38.5. The standard InChI is InChI=1S/C28H19ClN4/c29-22-17-15-21(16-18-22)28-30-24-13-7-8-14-26(24)32(28)27-19-25(20-9-3-1-4-10-20)31-33(27)23-11-5-2-6-12-23/h1-19H. The second kappa shape index (κ2) is 8.08. The smallest absolute Gasteiger partial charge is 0.146 e. The van der Waals surface area contributed by atoms with Crippen LogP contribution in [0, 0.1) is 0 Å². The van der Waals surface area contributed by atoms with Crippen molar-refractivity contribution in [1.29, 1.82) is 0 Å². The summed E-state index contributed by atoms with van der Waals surface area (Å²) in [5.74, 6) is 1.75. The molecule has 0 N–H and O–H groups in total. The van der Waals surface area contributed by atoms with Crippen LogP contribution in [0.15, 0.2) is 115 Å². The predicted octanol–water partition coefficient (Wildman–Crippen LogP) is 7.20. The molecule has 0 amide bonds. The third-order valence-electron chi connectivity index (χ3n) is 5.65. The monoisotopic (exact) mass is 446 g/mol. The van der Waals surface area contributed by atoms with Gasteiger partial charge in [-0.3, -0.25) is 4.57 Å². The minimum atomic E-state index is 0.696. The second-order valence-corrected chi connectivity index (χ2v) is 8.20. The van der Waals surface area contributed by atoms with E-state index in [2.05, 4.69) is 41.0 Å². The lowest BCUT2D eigenvalue weighted by Crippen LogP contribution is -2.07. The first-order valence-corrected chi connectivity index (χ1v) is 11.1. The summed E-state index contributed by atoms with van der Waals surface area (Å²) in [5.41, 5.74) is 5.86. The third kappa shape index (κ3) is 3.51. The molecule has 0 atom stereocenters. The number of aromatic nitrogens is 4. The van der Waals surface area contributed by atoms with E-state index in [-0.39, 0.29) is 0 Å². The average molecular weight is 447 g/mol. The van der Waals surface area contributed by atoms with Gasteiger partial charge in [0.15, 0.2) is 0 Å². The molecule has 4 aromatic carbocycles. The van der Waals surface area contributed by atoms with Gasteiger partial charge < -0.3 is 0 Å². The van der Waals surface area contributed by atoms with Crippen LogP contribution < -0.4 is 0 Å². The number of fused-ring (bicyclic) bond motifs is 1. The van der Waals surface area contributed by atoms with Gasteiger partial charge in [0, 0.05) is 22.2 Å². The molecule has 4 nitrogen and oxygen atoms in total. The fourth-order valence-corrected chi connectivity index (χ4v) is 4.22. The van der Waals surface area contributed by atoms with E-state index in [0.29, 0.717) is 5.02 Å². The van der Waals surface area contributed by atoms with Crippen LogP contribution in [0.2, 0.25) is 5.02 Å². The first kappa shape index (κ1) is 19.5. The van der Waals surface area contributed by atoms with E-state index < -0.39 is 0 Å². The summed E-state index contributed by atoms with van der Waals surface area (Å²) in [6.07, 6.45) is 0. The minimum absolute atomic E-state index is 0.696. The van der Waals surface area contributed by atoms with Crippen LogP contribution in [-0.4, -0.2) is 19.3 Å². The van der Waals surface area contributed by atoms with Gasteiger partial charge in [0.05, 0.1) is 22.4 Å². The number of benzene rings is 4. The van der Waals surface area contributed by atoms with Gasteiger partial charge in [0.25, 0.3) is 0 Å². The zero-order chi connectivity index (χ0) is 22.2. The molecule has 0 radical (unpaired) electrons. The van der Waals surface area contributed by atoms with Crippen molar-refractivity contribution < 1.29 is 0 Å². The second-order valence-electron chi connectivity index (χ2n) is 7.77. The van der Waals surface area contributed by atoms with E-state index >= 15 is 0 Å². The molecule has 0 unspecified atom stereocenters. The maximum Gasteiger partial charge on any atom is 0.146 e. The Morgan fingerprint density at radius 3 is 2.06 bits per heavy atom. The van der Waals surface area contributed by atoms with Gasteiger partial charge in [-0.05, 0) is 48.5 Å². The molecular weight excluding hydrogens is 428 g/mol. The summed E-state index contributed by atoms with van der Waals surface area (Å²) >= 11 is 6.17. The fourth-order valence-electron chi connectivity index (χ4n) is 4.09. The van der Waals surface area contributed by atoms with Crippen molar-refractivity contribution in [3.05, 3.63) is 120 Å². The summed E-state index contributed by atoms with van der Waals surface area (Å²) in [7, 11) is 0. The van der Waals surface area contributed by atoms with Crippen molar-refractivity contribution in [1.82, 2.24) is 19.3 Å². The molecule has 0 saturated heterocycles. The Morgan fingerprint density at radius 2 is 1.30 bits per heavy atom.